The number of rotatable bonds is 9. The number of aliphatic carboxylic acids is 1. The molecule has 1 aromatic heterocycles. The summed E-state index contributed by atoms with van der Waals surface area (Å²) in [7, 11) is 0. The van der Waals surface area contributed by atoms with Crippen LogP contribution in [0.25, 0.3) is 0 Å². The van der Waals surface area contributed by atoms with E-state index >= 15 is 0 Å². The van der Waals surface area contributed by atoms with Crippen molar-refractivity contribution in [2.24, 2.45) is 5.92 Å². The quantitative estimate of drug-likeness (QED) is 0.732. The summed E-state index contributed by atoms with van der Waals surface area (Å²) in [5.74, 6) is -0.410. The third-order valence-corrected chi connectivity index (χ3v) is 4.90. The molecule has 118 valence electrons. The summed E-state index contributed by atoms with van der Waals surface area (Å²) in [5, 5.41) is 11.6. The summed E-state index contributed by atoms with van der Waals surface area (Å²) in [6.45, 7) is 6.80. The highest BCUT2D eigenvalue weighted by Crippen LogP contribution is 2.22. The predicted octanol–water partition coefficient (Wildman–Crippen LogP) is 3.63. The van der Waals surface area contributed by atoms with Crippen LogP contribution in [0, 0.1) is 12.8 Å². The van der Waals surface area contributed by atoms with Crippen molar-refractivity contribution in [3.05, 3.63) is 21.4 Å². The van der Waals surface area contributed by atoms with Crippen LogP contribution in [0.15, 0.2) is 6.07 Å². The molecule has 5 heteroatoms. The van der Waals surface area contributed by atoms with Crippen LogP contribution in [0.3, 0.4) is 0 Å². The monoisotopic (exact) mass is 311 g/mol. The maximum atomic E-state index is 12.1. The second-order valence-corrected chi connectivity index (χ2v) is 6.55. The third kappa shape index (κ3) is 5.87. The van der Waals surface area contributed by atoms with Gasteiger partial charge in [-0.05, 0) is 43.7 Å². The zero-order chi connectivity index (χ0) is 15.8. The first kappa shape index (κ1) is 17.7. The smallest absolute Gasteiger partial charge is 0.303 e. The van der Waals surface area contributed by atoms with Gasteiger partial charge in [-0.1, -0.05) is 20.3 Å². The standard InChI is InChI=1S/C16H25NO3S/c1-4-12(6-7-15(18)19)8-9-17-16(20)14-10-13(5-2)11(3)21-14/h10,12H,4-9H2,1-3H3,(H,17,20)(H,18,19). The molecule has 0 aliphatic rings. The fourth-order valence-corrected chi connectivity index (χ4v) is 3.37. The van der Waals surface area contributed by atoms with Gasteiger partial charge < -0.3 is 10.4 Å². The predicted molar refractivity (Wildman–Crippen MR) is 86.0 cm³/mol. The van der Waals surface area contributed by atoms with Gasteiger partial charge in [-0.2, -0.15) is 0 Å². The zero-order valence-corrected chi connectivity index (χ0v) is 13.9. The molecule has 0 aliphatic carbocycles. The summed E-state index contributed by atoms with van der Waals surface area (Å²) in [5.41, 5.74) is 1.23. The van der Waals surface area contributed by atoms with Crippen LogP contribution in [0.5, 0.6) is 0 Å². The Morgan fingerprint density at radius 2 is 2.05 bits per heavy atom. The minimum atomic E-state index is -0.751. The van der Waals surface area contributed by atoms with Crippen LogP contribution < -0.4 is 5.32 Å². The average molecular weight is 311 g/mol. The number of carbonyl (C=O) groups excluding carboxylic acids is 1. The molecule has 0 spiro atoms. The van der Waals surface area contributed by atoms with E-state index in [2.05, 4.69) is 19.2 Å². The molecule has 1 unspecified atom stereocenters. The number of thiophene rings is 1. The third-order valence-electron chi connectivity index (χ3n) is 3.81. The van der Waals surface area contributed by atoms with E-state index in [0.717, 1.165) is 24.1 Å². The first-order valence-corrected chi connectivity index (χ1v) is 8.38. The summed E-state index contributed by atoms with van der Waals surface area (Å²) in [6.07, 6.45) is 3.61. The van der Waals surface area contributed by atoms with Gasteiger partial charge in [-0.15, -0.1) is 11.3 Å². The van der Waals surface area contributed by atoms with E-state index in [1.807, 2.05) is 13.0 Å². The van der Waals surface area contributed by atoms with Gasteiger partial charge in [0.25, 0.3) is 5.91 Å². The van der Waals surface area contributed by atoms with Crippen molar-refractivity contribution in [2.75, 3.05) is 6.54 Å². The lowest BCUT2D eigenvalue weighted by Gasteiger charge is -2.13. The van der Waals surface area contributed by atoms with Crippen LogP contribution in [0.1, 0.15) is 59.6 Å². The number of carbonyl (C=O) groups is 2. The van der Waals surface area contributed by atoms with Crippen molar-refractivity contribution in [2.45, 2.75) is 52.9 Å². The van der Waals surface area contributed by atoms with E-state index in [4.69, 9.17) is 5.11 Å². The van der Waals surface area contributed by atoms with E-state index in [1.54, 1.807) is 0 Å². The summed E-state index contributed by atoms with van der Waals surface area (Å²) in [4.78, 5) is 24.6. The molecule has 4 nitrogen and oxygen atoms in total. The summed E-state index contributed by atoms with van der Waals surface area (Å²) in [6, 6.07) is 1.97. The van der Waals surface area contributed by atoms with E-state index in [9.17, 15) is 9.59 Å². The number of hydrogen-bond donors (Lipinski definition) is 2. The normalized spacial score (nSPS) is 12.1. The second kappa shape index (κ2) is 8.82. The highest BCUT2D eigenvalue weighted by Gasteiger charge is 2.13. The molecular formula is C16H25NO3S. The molecule has 0 fully saturated rings. The number of carboxylic acid groups (broad SMARTS) is 1. The molecular weight excluding hydrogens is 286 g/mol. The number of nitrogens with one attached hydrogen (secondary N) is 1. The Morgan fingerprint density at radius 3 is 2.57 bits per heavy atom. The fraction of sp³-hybridized carbons (Fsp3) is 0.625. The Labute approximate surface area is 130 Å². The molecule has 0 bridgehead atoms. The molecule has 21 heavy (non-hydrogen) atoms. The van der Waals surface area contributed by atoms with Crippen molar-refractivity contribution < 1.29 is 14.7 Å². The molecule has 2 N–H and O–H groups in total. The van der Waals surface area contributed by atoms with Gasteiger partial charge in [0.1, 0.15) is 0 Å². The van der Waals surface area contributed by atoms with Crippen LogP contribution in [-0.4, -0.2) is 23.5 Å². The minimum absolute atomic E-state index is 0.0177. The second-order valence-electron chi connectivity index (χ2n) is 5.30. The molecule has 0 aliphatic heterocycles. The highest BCUT2D eigenvalue weighted by molar-refractivity contribution is 7.14. The maximum Gasteiger partial charge on any atom is 0.303 e. The molecule has 1 amide bonds. The van der Waals surface area contributed by atoms with E-state index < -0.39 is 5.97 Å². The van der Waals surface area contributed by atoms with Crippen LogP contribution in [0.2, 0.25) is 0 Å². The van der Waals surface area contributed by atoms with Crippen LogP contribution >= 0.6 is 11.3 Å². The van der Waals surface area contributed by atoms with Gasteiger partial charge in [0.05, 0.1) is 4.88 Å². The number of carboxylic acids is 1. The number of amides is 1. The van der Waals surface area contributed by atoms with Gasteiger partial charge >= 0.3 is 5.97 Å². The lowest BCUT2D eigenvalue weighted by Crippen LogP contribution is -2.25. The molecule has 0 radical (unpaired) electrons. The Bertz CT molecular complexity index is 482. The van der Waals surface area contributed by atoms with Crippen molar-refractivity contribution >= 4 is 23.2 Å². The zero-order valence-electron chi connectivity index (χ0n) is 13.1. The molecule has 1 atom stereocenters. The number of aryl methyl sites for hydroxylation is 2. The Balaban J connectivity index is 2.39. The van der Waals surface area contributed by atoms with Gasteiger partial charge in [0, 0.05) is 17.8 Å². The Hall–Kier alpha value is -1.36. The molecule has 0 saturated carbocycles. The lowest BCUT2D eigenvalue weighted by atomic mass is 9.97. The topological polar surface area (TPSA) is 66.4 Å². The van der Waals surface area contributed by atoms with Crippen molar-refractivity contribution in [3.8, 4) is 0 Å². The largest absolute Gasteiger partial charge is 0.481 e. The van der Waals surface area contributed by atoms with Crippen LogP contribution in [-0.2, 0) is 11.2 Å². The fourth-order valence-electron chi connectivity index (χ4n) is 2.34. The highest BCUT2D eigenvalue weighted by atomic mass is 32.1. The van der Waals surface area contributed by atoms with E-state index in [1.165, 1.54) is 21.8 Å². The lowest BCUT2D eigenvalue weighted by molar-refractivity contribution is -0.137. The molecule has 1 heterocycles. The van der Waals surface area contributed by atoms with Gasteiger partial charge in [-0.25, -0.2) is 0 Å². The average Bonchev–Trinajstić information content (AvgIpc) is 2.83. The molecule has 1 aromatic rings. The van der Waals surface area contributed by atoms with Gasteiger partial charge in [0.15, 0.2) is 0 Å². The van der Waals surface area contributed by atoms with Crippen molar-refractivity contribution in [1.82, 2.24) is 5.32 Å². The minimum Gasteiger partial charge on any atom is -0.481 e. The Morgan fingerprint density at radius 1 is 1.33 bits per heavy atom. The molecule has 0 saturated heterocycles. The first-order valence-electron chi connectivity index (χ1n) is 7.57. The maximum absolute atomic E-state index is 12.1. The molecule has 0 aromatic carbocycles. The van der Waals surface area contributed by atoms with Gasteiger partial charge in [-0.3, -0.25) is 9.59 Å². The van der Waals surface area contributed by atoms with Crippen molar-refractivity contribution in [1.29, 1.82) is 0 Å². The molecule has 1 rings (SSSR count). The van der Waals surface area contributed by atoms with Crippen LogP contribution in [0.4, 0.5) is 0 Å². The number of hydrogen-bond acceptors (Lipinski definition) is 3. The van der Waals surface area contributed by atoms with E-state index in [-0.39, 0.29) is 12.3 Å². The Kier molecular flexibility index (Phi) is 7.43. The first-order chi connectivity index (χ1) is 9.97. The summed E-state index contributed by atoms with van der Waals surface area (Å²) >= 11 is 1.54. The van der Waals surface area contributed by atoms with Crippen molar-refractivity contribution in [3.63, 3.8) is 0 Å². The SMILES string of the molecule is CCc1cc(C(=O)NCCC(CC)CCC(=O)O)sc1C. The van der Waals surface area contributed by atoms with Gasteiger partial charge in [0.2, 0.25) is 0 Å². The summed E-state index contributed by atoms with van der Waals surface area (Å²) < 4.78 is 0. The van der Waals surface area contributed by atoms with E-state index in [0.29, 0.717) is 18.9 Å².